The first kappa shape index (κ1) is 22.5. The predicted octanol–water partition coefficient (Wildman–Crippen LogP) is 3.62. The molecule has 0 aromatic heterocycles. The average molecular weight is 430 g/mol. The van der Waals surface area contributed by atoms with E-state index in [1.165, 1.54) is 10.4 Å². The minimum Gasteiger partial charge on any atom is -0.321 e. The highest BCUT2D eigenvalue weighted by atomic mass is 32.2. The second kappa shape index (κ2) is 8.88. The number of piperazine rings is 1. The number of hydrogen-bond donors (Lipinski definition) is 1. The Morgan fingerprint density at radius 2 is 1.67 bits per heavy atom. The fourth-order valence-corrected chi connectivity index (χ4v) is 5.16. The molecule has 6 nitrogen and oxygen atoms in total. The summed E-state index contributed by atoms with van der Waals surface area (Å²) in [5, 5.41) is 3.03. The number of nitrogens with zero attached hydrogens (tertiary/aromatic N) is 2. The fourth-order valence-electron chi connectivity index (χ4n) is 3.71. The molecule has 0 radical (unpaired) electrons. The van der Waals surface area contributed by atoms with Gasteiger partial charge in [-0.2, -0.15) is 4.31 Å². The van der Waals surface area contributed by atoms with Crippen LogP contribution in [0.2, 0.25) is 0 Å². The summed E-state index contributed by atoms with van der Waals surface area (Å²) in [5.41, 5.74) is 3.95. The molecule has 1 amide bonds. The van der Waals surface area contributed by atoms with Crippen LogP contribution >= 0.6 is 0 Å². The lowest BCUT2D eigenvalue weighted by Crippen LogP contribution is -2.47. The fraction of sp³-hybridized carbons (Fsp3) is 0.435. The van der Waals surface area contributed by atoms with Crippen molar-refractivity contribution in [2.24, 2.45) is 0 Å². The van der Waals surface area contributed by atoms with E-state index in [-0.39, 0.29) is 16.7 Å². The molecule has 3 rings (SSSR count). The van der Waals surface area contributed by atoms with Crippen LogP contribution in [-0.4, -0.2) is 56.8 Å². The quantitative estimate of drug-likeness (QED) is 0.788. The molecule has 1 heterocycles. The van der Waals surface area contributed by atoms with Crippen LogP contribution in [0, 0.1) is 13.8 Å². The summed E-state index contributed by atoms with van der Waals surface area (Å²) in [4.78, 5) is 15.4. The van der Waals surface area contributed by atoms with E-state index in [9.17, 15) is 13.2 Å². The van der Waals surface area contributed by atoms with Crippen LogP contribution in [0.5, 0.6) is 0 Å². The van der Waals surface area contributed by atoms with Gasteiger partial charge in [-0.3, -0.25) is 4.79 Å². The summed E-state index contributed by atoms with van der Waals surface area (Å²) in [6.07, 6.45) is 0. The molecular weight excluding hydrogens is 398 g/mol. The molecule has 0 unspecified atom stereocenters. The van der Waals surface area contributed by atoms with Crippen LogP contribution in [0.4, 0.5) is 5.69 Å². The van der Waals surface area contributed by atoms with E-state index in [0.717, 1.165) is 22.4 Å². The van der Waals surface area contributed by atoms with Crippen LogP contribution in [-0.2, 0) is 10.0 Å². The van der Waals surface area contributed by atoms with Crippen molar-refractivity contribution >= 4 is 21.6 Å². The Balaban J connectivity index is 1.92. The summed E-state index contributed by atoms with van der Waals surface area (Å²) >= 11 is 0. The molecule has 1 N–H and O–H groups in total. The lowest BCUT2D eigenvalue weighted by Gasteiger charge is -2.31. The van der Waals surface area contributed by atoms with Crippen molar-refractivity contribution in [1.82, 2.24) is 9.21 Å². The number of sulfonamides is 1. The Morgan fingerprint density at radius 1 is 1.00 bits per heavy atom. The van der Waals surface area contributed by atoms with Gasteiger partial charge in [0.1, 0.15) is 0 Å². The highest BCUT2D eigenvalue weighted by Crippen LogP contribution is 2.29. The van der Waals surface area contributed by atoms with Gasteiger partial charge in [0.15, 0.2) is 0 Å². The van der Waals surface area contributed by atoms with Gasteiger partial charge < -0.3 is 10.2 Å². The second-order valence-electron chi connectivity index (χ2n) is 8.33. The first-order valence-corrected chi connectivity index (χ1v) is 11.8. The Bertz CT molecular complexity index is 1040. The molecule has 2 aromatic rings. The van der Waals surface area contributed by atoms with E-state index >= 15 is 0 Å². The van der Waals surface area contributed by atoms with Crippen molar-refractivity contribution in [1.29, 1.82) is 0 Å². The molecule has 7 heteroatoms. The third-order valence-corrected chi connectivity index (χ3v) is 7.61. The third-order valence-electron chi connectivity index (χ3n) is 5.72. The summed E-state index contributed by atoms with van der Waals surface area (Å²) < 4.78 is 27.7. The van der Waals surface area contributed by atoms with Crippen molar-refractivity contribution in [3.8, 4) is 0 Å². The van der Waals surface area contributed by atoms with Gasteiger partial charge in [0.25, 0.3) is 5.91 Å². The molecule has 0 atom stereocenters. The molecular formula is C23H31N3O3S. The van der Waals surface area contributed by atoms with E-state index in [0.29, 0.717) is 31.7 Å². The van der Waals surface area contributed by atoms with Gasteiger partial charge in [0.2, 0.25) is 10.0 Å². The van der Waals surface area contributed by atoms with E-state index in [1.807, 2.05) is 39.1 Å². The molecule has 1 saturated heterocycles. The Labute approximate surface area is 179 Å². The van der Waals surface area contributed by atoms with E-state index in [1.54, 1.807) is 12.1 Å². The number of aryl methyl sites for hydroxylation is 2. The van der Waals surface area contributed by atoms with Gasteiger partial charge >= 0.3 is 0 Å². The summed E-state index contributed by atoms with van der Waals surface area (Å²) in [6, 6.07) is 10.8. The predicted molar refractivity (Wildman–Crippen MR) is 121 cm³/mol. The average Bonchev–Trinajstić information content (AvgIpc) is 2.69. The number of benzene rings is 2. The van der Waals surface area contributed by atoms with Gasteiger partial charge in [-0.05, 0) is 55.6 Å². The van der Waals surface area contributed by atoms with E-state index in [2.05, 4.69) is 24.1 Å². The van der Waals surface area contributed by atoms with Gasteiger partial charge in [0.05, 0.1) is 4.90 Å². The van der Waals surface area contributed by atoms with Gasteiger partial charge in [-0.1, -0.05) is 38.1 Å². The van der Waals surface area contributed by atoms with Gasteiger partial charge in [0, 0.05) is 37.4 Å². The van der Waals surface area contributed by atoms with Crippen LogP contribution in [0.25, 0.3) is 0 Å². The number of hydrogen-bond acceptors (Lipinski definition) is 4. The molecule has 1 aliphatic rings. The normalized spacial score (nSPS) is 16.1. The first-order valence-electron chi connectivity index (χ1n) is 10.3. The summed E-state index contributed by atoms with van der Waals surface area (Å²) in [5.74, 6) is -0.0376. The molecule has 0 aliphatic carbocycles. The number of nitrogens with one attached hydrogen (secondary N) is 1. The monoisotopic (exact) mass is 429 g/mol. The molecule has 0 spiro atoms. The first-order chi connectivity index (χ1) is 14.1. The van der Waals surface area contributed by atoms with Crippen molar-refractivity contribution in [2.75, 3.05) is 38.5 Å². The number of rotatable bonds is 5. The highest BCUT2D eigenvalue weighted by Gasteiger charge is 2.28. The minimum absolute atomic E-state index is 0.164. The van der Waals surface area contributed by atoms with Crippen LogP contribution in [0.3, 0.4) is 0 Å². The zero-order chi connectivity index (χ0) is 22.1. The van der Waals surface area contributed by atoms with Crippen LogP contribution < -0.4 is 5.32 Å². The van der Waals surface area contributed by atoms with Crippen molar-refractivity contribution in [3.63, 3.8) is 0 Å². The molecule has 0 bridgehead atoms. The number of likely N-dealkylation sites (N-methyl/N-ethyl adjacent to an activating group) is 1. The Kier molecular flexibility index (Phi) is 6.65. The zero-order valence-corrected chi connectivity index (χ0v) is 19.2. The standard InChI is InChI=1S/C23H31N3O3S/c1-16(2)20-8-6-7-18(4)22(20)24-23(27)21-15-19(10-9-17(21)3)30(28,29)26-13-11-25(5)12-14-26/h6-10,15-16H,11-14H2,1-5H3,(H,24,27). The van der Waals surface area contributed by atoms with Gasteiger partial charge in [-0.15, -0.1) is 0 Å². The topological polar surface area (TPSA) is 69.7 Å². The lowest BCUT2D eigenvalue weighted by molar-refractivity contribution is 0.102. The number of anilines is 1. The van der Waals surface area contributed by atoms with Crippen LogP contribution in [0.1, 0.15) is 46.8 Å². The molecule has 30 heavy (non-hydrogen) atoms. The van der Waals surface area contributed by atoms with Crippen molar-refractivity contribution < 1.29 is 13.2 Å². The highest BCUT2D eigenvalue weighted by molar-refractivity contribution is 7.89. The molecule has 0 saturated carbocycles. The van der Waals surface area contributed by atoms with Gasteiger partial charge in [-0.25, -0.2) is 8.42 Å². The number of para-hydroxylation sites is 1. The zero-order valence-electron chi connectivity index (χ0n) is 18.4. The number of carbonyl (C=O) groups excluding carboxylic acids is 1. The maximum atomic E-state index is 13.1. The second-order valence-corrected chi connectivity index (χ2v) is 10.3. The lowest BCUT2D eigenvalue weighted by atomic mass is 9.97. The Hall–Kier alpha value is -2.22. The molecule has 162 valence electrons. The summed E-state index contributed by atoms with van der Waals surface area (Å²) in [7, 11) is -1.65. The van der Waals surface area contributed by atoms with Crippen molar-refractivity contribution in [3.05, 3.63) is 58.7 Å². The van der Waals surface area contributed by atoms with Crippen LogP contribution in [0.15, 0.2) is 41.3 Å². The Morgan fingerprint density at radius 3 is 2.30 bits per heavy atom. The molecule has 2 aromatic carbocycles. The maximum Gasteiger partial charge on any atom is 0.255 e. The molecule has 1 fully saturated rings. The minimum atomic E-state index is -3.63. The van der Waals surface area contributed by atoms with E-state index in [4.69, 9.17) is 0 Å². The smallest absolute Gasteiger partial charge is 0.255 e. The van der Waals surface area contributed by atoms with Crippen molar-refractivity contribution in [2.45, 2.75) is 38.5 Å². The number of carbonyl (C=O) groups is 1. The SMILES string of the molecule is Cc1ccc(S(=O)(=O)N2CCN(C)CC2)cc1C(=O)Nc1c(C)cccc1C(C)C. The third kappa shape index (κ3) is 4.58. The van der Waals surface area contributed by atoms with E-state index < -0.39 is 10.0 Å². The number of amides is 1. The summed E-state index contributed by atoms with van der Waals surface area (Å²) in [6.45, 7) is 10.3. The maximum absolute atomic E-state index is 13.1. The largest absolute Gasteiger partial charge is 0.321 e. The molecule has 1 aliphatic heterocycles.